The second-order valence-corrected chi connectivity index (χ2v) is 11.8. The average Bonchev–Trinajstić information content (AvgIpc) is 3.22. The Balaban J connectivity index is 1.58. The van der Waals surface area contributed by atoms with Crippen LogP contribution in [0.15, 0.2) is 72.8 Å². The van der Waals surface area contributed by atoms with Crippen LogP contribution < -0.4 is 10.2 Å². The summed E-state index contributed by atoms with van der Waals surface area (Å²) >= 11 is 7.94. The Morgan fingerprint density at radius 3 is 2.47 bits per heavy atom. The standard InChI is InChI=1S/C27H26ClN3O2S/c1-18-9-12-21(13-10-18)29-25(33)31-17-26(2,3)34-27(31)22-15-20(28)11-14-23(22)30(24(27)32)16-19-7-5-4-6-8-19/h4-15H,16-17H2,1-3H3,(H,29,33). The van der Waals surface area contributed by atoms with Crippen LogP contribution in [0.25, 0.3) is 0 Å². The van der Waals surface area contributed by atoms with Gasteiger partial charge in [0, 0.05) is 27.6 Å². The highest BCUT2D eigenvalue weighted by Gasteiger charge is 2.63. The van der Waals surface area contributed by atoms with Gasteiger partial charge in [0.05, 0.1) is 12.2 Å². The molecule has 2 heterocycles. The third kappa shape index (κ3) is 3.85. The van der Waals surface area contributed by atoms with Crippen LogP contribution in [0.3, 0.4) is 0 Å². The molecule has 0 saturated carbocycles. The largest absolute Gasteiger partial charge is 0.323 e. The molecule has 3 aromatic rings. The Bertz CT molecular complexity index is 1260. The van der Waals surface area contributed by atoms with Crippen LogP contribution in [0.5, 0.6) is 0 Å². The van der Waals surface area contributed by atoms with Crippen molar-refractivity contribution in [2.75, 3.05) is 16.8 Å². The summed E-state index contributed by atoms with van der Waals surface area (Å²) in [6.07, 6.45) is 0. The first-order chi connectivity index (χ1) is 16.2. The molecule has 0 aliphatic carbocycles. The van der Waals surface area contributed by atoms with Gasteiger partial charge in [0.1, 0.15) is 0 Å². The predicted octanol–water partition coefficient (Wildman–Crippen LogP) is 6.41. The summed E-state index contributed by atoms with van der Waals surface area (Å²) in [6, 6.07) is 22.7. The molecule has 5 rings (SSSR count). The predicted molar refractivity (Wildman–Crippen MR) is 139 cm³/mol. The first kappa shape index (κ1) is 22.8. The number of nitrogens with zero attached hydrogens (tertiary/aromatic N) is 2. The summed E-state index contributed by atoms with van der Waals surface area (Å²) in [4.78, 5) is 30.2. The van der Waals surface area contributed by atoms with Gasteiger partial charge in [0.25, 0.3) is 5.91 Å². The highest BCUT2D eigenvalue weighted by Crippen LogP contribution is 2.60. The van der Waals surface area contributed by atoms with Crippen molar-refractivity contribution in [3.63, 3.8) is 0 Å². The molecule has 174 valence electrons. The third-order valence-electron chi connectivity index (χ3n) is 6.22. The zero-order chi connectivity index (χ0) is 24.1. The van der Waals surface area contributed by atoms with Crippen molar-refractivity contribution in [1.29, 1.82) is 0 Å². The quantitative estimate of drug-likeness (QED) is 0.460. The lowest BCUT2D eigenvalue weighted by atomic mass is 10.0. The maximum Gasteiger partial charge on any atom is 0.323 e. The number of hydrogen-bond donors (Lipinski definition) is 1. The van der Waals surface area contributed by atoms with Crippen LogP contribution in [0.1, 0.15) is 30.5 Å². The lowest BCUT2D eigenvalue weighted by Crippen LogP contribution is -2.51. The van der Waals surface area contributed by atoms with E-state index in [0.717, 1.165) is 22.4 Å². The molecular weight excluding hydrogens is 466 g/mol. The van der Waals surface area contributed by atoms with E-state index in [9.17, 15) is 9.59 Å². The van der Waals surface area contributed by atoms with E-state index in [-0.39, 0.29) is 16.7 Å². The van der Waals surface area contributed by atoms with E-state index in [1.807, 2.05) is 73.7 Å². The van der Waals surface area contributed by atoms with Crippen molar-refractivity contribution in [3.05, 3.63) is 94.5 Å². The van der Waals surface area contributed by atoms with Crippen LogP contribution in [-0.2, 0) is 16.2 Å². The molecule has 5 nitrogen and oxygen atoms in total. The van der Waals surface area contributed by atoms with Crippen LogP contribution >= 0.6 is 23.4 Å². The number of rotatable bonds is 3. The molecule has 0 radical (unpaired) electrons. The minimum atomic E-state index is -1.19. The van der Waals surface area contributed by atoms with E-state index in [1.165, 1.54) is 11.8 Å². The summed E-state index contributed by atoms with van der Waals surface area (Å²) in [5, 5.41) is 3.54. The maximum absolute atomic E-state index is 14.2. The summed E-state index contributed by atoms with van der Waals surface area (Å²) in [6.45, 7) is 6.97. The Labute approximate surface area is 209 Å². The molecule has 1 unspecified atom stereocenters. The van der Waals surface area contributed by atoms with Crippen LogP contribution in [0.4, 0.5) is 16.2 Å². The Hall–Kier alpha value is -2.96. The van der Waals surface area contributed by atoms with Gasteiger partial charge < -0.3 is 10.2 Å². The first-order valence-corrected chi connectivity index (χ1v) is 12.4. The molecular formula is C27H26ClN3O2S. The van der Waals surface area contributed by atoms with Crippen molar-refractivity contribution in [3.8, 4) is 0 Å². The van der Waals surface area contributed by atoms with Crippen molar-refractivity contribution in [1.82, 2.24) is 4.90 Å². The van der Waals surface area contributed by atoms with Gasteiger partial charge in [0.2, 0.25) is 0 Å². The highest BCUT2D eigenvalue weighted by atomic mass is 35.5. The Kier molecular flexibility index (Phi) is 5.61. The number of halogens is 1. The second-order valence-electron chi connectivity index (χ2n) is 9.43. The summed E-state index contributed by atoms with van der Waals surface area (Å²) in [5.74, 6) is -0.122. The molecule has 1 atom stereocenters. The molecule has 7 heteroatoms. The zero-order valence-electron chi connectivity index (χ0n) is 19.3. The normalized spacial score (nSPS) is 20.6. The minimum absolute atomic E-state index is 0.122. The van der Waals surface area contributed by atoms with Gasteiger partial charge in [-0.1, -0.05) is 59.6 Å². The van der Waals surface area contributed by atoms with E-state index in [2.05, 4.69) is 19.2 Å². The van der Waals surface area contributed by atoms with Gasteiger partial charge in [0.15, 0.2) is 4.87 Å². The SMILES string of the molecule is Cc1ccc(NC(=O)N2CC(C)(C)SC23C(=O)N(Cc2ccccc2)c2ccc(Cl)cc23)cc1. The summed E-state index contributed by atoms with van der Waals surface area (Å²) in [5.41, 5.74) is 4.37. The molecule has 3 aromatic carbocycles. The van der Waals surface area contributed by atoms with Gasteiger partial charge in [-0.3, -0.25) is 9.69 Å². The average molecular weight is 492 g/mol. The third-order valence-corrected chi connectivity index (χ3v) is 8.05. The smallest absolute Gasteiger partial charge is 0.308 e. The monoisotopic (exact) mass is 491 g/mol. The van der Waals surface area contributed by atoms with Gasteiger partial charge in [-0.15, -0.1) is 11.8 Å². The number of nitrogens with one attached hydrogen (secondary N) is 1. The van der Waals surface area contributed by atoms with Crippen molar-refractivity contribution in [2.45, 2.75) is 36.9 Å². The number of benzene rings is 3. The summed E-state index contributed by atoms with van der Waals surface area (Å²) < 4.78 is -0.331. The molecule has 1 N–H and O–H groups in total. The minimum Gasteiger partial charge on any atom is -0.308 e. The Morgan fingerprint density at radius 1 is 1.06 bits per heavy atom. The zero-order valence-corrected chi connectivity index (χ0v) is 20.9. The van der Waals surface area contributed by atoms with Crippen LogP contribution in [0.2, 0.25) is 5.02 Å². The van der Waals surface area contributed by atoms with Crippen molar-refractivity contribution < 1.29 is 9.59 Å². The molecule has 0 bridgehead atoms. The van der Waals surface area contributed by atoms with E-state index >= 15 is 0 Å². The summed E-state index contributed by atoms with van der Waals surface area (Å²) in [7, 11) is 0. The van der Waals surface area contributed by atoms with E-state index in [4.69, 9.17) is 11.6 Å². The number of carbonyl (C=O) groups excluding carboxylic acids is 2. The number of aryl methyl sites for hydroxylation is 1. The number of thioether (sulfide) groups is 1. The van der Waals surface area contributed by atoms with Gasteiger partial charge in [-0.2, -0.15) is 0 Å². The van der Waals surface area contributed by atoms with Crippen LogP contribution in [0, 0.1) is 6.92 Å². The number of hydrogen-bond acceptors (Lipinski definition) is 3. The topological polar surface area (TPSA) is 52.7 Å². The van der Waals surface area contributed by atoms with Gasteiger partial charge in [-0.25, -0.2) is 4.79 Å². The fraction of sp³-hybridized carbons (Fsp3) is 0.259. The first-order valence-electron chi connectivity index (χ1n) is 11.2. The molecule has 1 spiro atoms. The highest BCUT2D eigenvalue weighted by molar-refractivity contribution is 8.02. The number of anilines is 2. The fourth-order valence-corrected chi connectivity index (χ4v) is 6.62. The number of urea groups is 1. The van der Waals surface area contributed by atoms with Gasteiger partial charge >= 0.3 is 6.03 Å². The van der Waals surface area contributed by atoms with Crippen LogP contribution in [-0.4, -0.2) is 28.1 Å². The second kappa shape index (κ2) is 8.36. The lowest BCUT2D eigenvalue weighted by molar-refractivity contribution is -0.123. The number of carbonyl (C=O) groups is 2. The number of amides is 3. The molecule has 2 aliphatic rings. The van der Waals surface area contributed by atoms with E-state index < -0.39 is 4.87 Å². The van der Waals surface area contributed by atoms with E-state index in [1.54, 1.807) is 15.9 Å². The molecule has 3 amide bonds. The van der Waals surface area contributed by atoms with E-state index in [0.29, 0.717) is 23.8 Å². The van der Waals surface area contributed by atoms with Crippen molar-refractivity contribution >= 4 is 46.7 Å². The van der Waals surface area contributed by atoms with Crippen molar-refractivity contribution in [2.24, 2.45) is 0 Å². The molecule has 2 aliphatic heterocycles. The fourth-order valence-electron chi connectivity index (χ4n) is 4.73. The molecule has 1 saturated heterocycles. The number of fused-ring (bicyclic) bond motifs is 2. The maximum atomic E-state index is 14.2. The lowest BCUT2D eigenvalue weighted by Gasteiger charge is -2.33. The van der Waals surface area contributed by atoms with Gasteiger partial charge in [-0.05, 0) is 56.7 Å². The molecule has 0 aromatic heterocycles. The molecule has 1 fully saturated rings. The Morgan fingerprint density at radius 2 is 1.76 bits per heavy atom. The molecule has 34 heavy (non-hydrogen) atoms.